The van der Waals surface area contributed by atoms with Crippen LogP contribution in [0.15, 0.2) is 48.5 Å². The molecule has 1 aliphatic rings. The second-order valence-corrected chi connectivity index (χ2v) is 7.19. The van der Waals surface area contributed by atoms with Crippen LogP contribution in [0.3, 0.4) is 0 Å². The molecule has 2 N–H and O–H groups in total. The average Bonchev–Trinajstić information content (AvgIpc) is 3.10. The summed E-state index contributed by atoms with van der Waals surface area (Å²) in [6.07, 6.45) is 0. The molecule has 2 aromatic carbocycles. The third-order valence-corrected chi connectivity index (χ3v) is 5.24. The van der Waals surface area contributed by atoms with Gasteiger partial charge in [0, 0.05) is 48.7 Å². The van der Waals surface area contributed by atoms with Crippen LogP contribution in [0.4, 0.5) is 22.7 Å². The van der Waals surface area contributed by atoms with E-state index in [0.717, 1.165) is 0 Å². The molecule has 0 unspecified atom stereocenters. The predicted octanol–water partition coefficient (Wildman–Crippen LogP) is 3.50. The van der Waals surface area contributed by atoms with Crippen LogP contribution >= 0.6 is 36.7 Å². The third kappa shape index (κ3) is 4.82. The van der Waals surface area contributed by atoms with E-state index in [2.05, 4.69) is 10.6 Å². The molecule has 1 saturated heterocycles. The zero-order valence-electron chi connectivity index (χ0n) is 15.2. The number of nitrogens with zero attached hydrogens (tertiary/aromatic N) is 4. The van der Waals surface area contributed by atoms with Crippen molar-refractivity contribution in [2.45, 2.75) is 0 Å². The summed E-state index contributed by atoms with van der Waals surface area (Å²) in [6.45, 7) is 0.999. The van der Waals surface area contributed by atoms with E-state index in [4.69, 9.17) is 36.7 Å². The summed E-state index contributed by atoms with van der Waals surface area (Å²) >= 11 is 16.3. The number of hydrogen-bond donors (Lipinski definition) is 2. The first-order valence-corrected chi connectivity index (χ1v) is 9.68. The van der Waals surface area contributed by atoms with Gasteiger partial charge in [0.2, 0.25) is 0 Å². The Morgan fingerprint density at radius 3 is 1.40 bits per heavy atom. The highest BCUT2D eigenvalue weighted by molar-refractivity contribution is 7.82. The number of rotatable bonds is 4. The first kappa shape index (κ1) is 21.4. The minimum Gasteiger partial charge on any atom is -0.332 e. The highest BCUT2D eigenvalue weighted by Crippen LogP contribution is 2.19. The Bertz CT molecular complexity index is 947. The molecule has 2 aromatic rings. The van der Waals surface area contributed by atoms with E-state index < -0.39 is 9.85 Å². The molecule has 0 bridgehead atoms. The van der Waals surface area contributed by atoms with E-state index >= 15 is 0 Å². The van der Waals surface area contributed by atoms with Crippen molar-refractivity contribution in [3.05, 3.63) is 68.8 Å². The van der Waals surface area contributed by atoms with Gasteiger partial charge in [0.25, 0.3) is 11.4 Å². The molecule has 10 nitrogen and oxygen atoms in total. The molecule has 1 heterocycles. The Morgan fingerprint density at radius 2 is 1.10 bits per heavy atom. The largest absolute Gasteiger partial charge is 0.332 e. The van der Waals surface area contributed by atoms with Crippen LogP contribution in [0.25, 0.3) is 0 Å². The van der Waals surface area contributed by atoms with Gasteiger partial charge in [-0.25, -0.2) is 0 Å². The van der Waals surface area contributed by atoms with E-state index in [1.54, 1.807) is 34.1 Å². The number of thiocarbonyl (C=S) groups is 3. The molecule has 0 aliphatic carbocycles. The molecule has 0 atom stereocenters. The van der Waals surface area contributed by atoms with Gasteiger partial charge in [0.1, 0.15) is 0 Å². The molecule has 3 rings (SSSR count). The van der Waals surface area contributed by atoms with Crippen molar-refractivity contribution >= 4 is 74.7 Å². The summed E-state index contributed by atoms with van der Waals surface area (Å²) in [6, 6.07) is 11.7. The molecule has 0 radical (unpaired) electrons. The first-order valence-electron chi connectivity index (χ1n) is 8.46. The second kappa shape index (κ2) is 9.02. The van der Waals surface area contributed by atoms with Crippen LogP contribution < -0.4 is 10.6 Å². The van der Waals surface area contributed by atoms with Crippen LogP contribution in [-0.2, 0) is 0 Å². The minimum atomic E-state index is -0.478. The molecule has 0 aromatic heterocycles. The summed E-state index contributed by atoms with van der Waals surface area (Å²) in [4.78, 5) is 23.9. The highest BCUT2D eigenvalue weighted by Gasteiger charge is 2.30. The molecule has 154 valence electrons. The Labute approximate surface area is 186 Å². The maximum Gasteiger partial charge on any atom is 0.269 e. The Morgan fingerprint density at radius 1 is 0.767 bits per heavy atom. The number of anilines is 2. The lowest BCUT2D eigenvalue weighted by atomic mass is 10.3. The molecular weight excluding hydrogens is 448 g/mol. The van der Waals surface area contributed by atoms with Crippen molar-refractivity contribution in [3.63, 3.8) is 0 Å². The van der Waals surface area contributed by atoms with Gasteiger partial charge in [-0.15, -0.1) is 0 Å². The second-order valence-electron chi connectivity index (χ2n) is 6.05. The predicted molar refractivity (Wildman–Crippen MR) is 125 cm³/mol. The van der Waals surface area contributed by atoms with Gasteiger partial charge in [-0.3, -0.25) is 30.0 Å². The van der Waals surface area contributed by atoms with Gasteiger partial charge in [0.15, 0.2) is 15.3 Å². The summed E-state index contributed by atoms with van der Waals surface area (Å²) in [5, 5.41) is 28.6. The SMILES string of the molecule is O=[N+]([O-])c1ccc(NC(=S)N2CCN(C(=S)Nc3ccc([N+](=O)[O-])cc3)C2=S)cc1. The third-order valence-electron chi connectivity index (χ3n) is 4.16. The van der Waals surface area contributed by atoms with Crippen molar-refractivity contribution in [2.24, 2.45) is 0 Å². The van der Waals surface area contributed by atoms with Crippen LogP contribution in [0, 0.1) is 20.2 Å². The lowest BCUT2D eigenvalue weighted by Crippen LogP contribution is -2.42. The molecule has 0 amide bonds. The molecule has 13 heteroatoms. The van der Waals surface area contributed by atoms with E-state index in [1.165, 1.54) is 24.3 Å². The number of non-ortho nitro benzene ring substituents is 2. The van der Waals surface area contributed by atoms with Gasteiger partial charge >= 0.3 is 0 Å². The standard InChI is InChI=1S/C17H14N6O4S3/c24-22(25)13-5-1-11(2-6-13)18-15(28)20-9-10-21(17(20)30)16(29)19-12-3-7-14(8-4-12)23(26)27/h1-8H,9-10H2,(H,18,28)(H,19,29). The van der Waals surface area contributed by atoms with Gasteiger partial charge in [-0.2, -0.15) is 0 Å². The molecule has 0 saturated carbocycles. The Balaban J connectivity index is 1.60. The van der Waals surface area contributed by atoms with E-state index in [9.17, 15) is 20.2 Å². The molecule has 1 fully saturated rings. The van der Waals surface area contributed by atoms with E-state index in [-0.39, 0.29) is 11.4 Å². The summed E-state index contributed by atoms with van der Waals surface area (Å²) in [5.74, 6) is 0. The van der Waals surface area contributed by atoms with E-state index in [0.29, 0.717) is 39.8 Å². The lowest BCUT2D eigenvalue weighted by Gasteiger charge is -2.23. The lowest BCUT2D eigenvalue weighted by molar-refractivity contribution is -0.385. The molecular formula is C17H14N6O4S3. The quantitative estimate of drug-likeness (QED) is 0.395. The molecule has 1 aliphatic heterocycles. The van der Waals surface area contributed by atoms with Crippen LogP contribution in [0.2, 0.25) is 0 Å². The number of nitrogens with one attached hydrogen (secondary N) is 2. The summed E-state index contributed by atoms with van der Waals surface area (Å²) in [7, 11) is 0. The van der Waals surface area contributed by atoms with E-state index in [1.807, 2.05) is 0 Å². The van der Waals surface area contributed by atoms with Crippen molar-refractivity contribution in [3.8, 4) is 0 Å². The summed E-state index contributed by atoms with van der Waals surface area (Å²) in [5.41, 5.74) is 1.16. The number of nitro benzene ring substituents is 2. The van der Waals surface area contributed by atoms with Gasteiger partial charge in [-0.1, -0.05) is 0 Å². The van der Waals surface area contributed by atoms with Crippen molar-refractivity contribution in [1.29, 1.82) is 0 Å². The van der Waals surface area contributed by atoms with Gasteiger partial charge in [0.05, 0.1) is 9.85 Å². The van der Waals surface area contributed by atoms with Crippen molar-refractivity contribution in [2.75, 3.05) is 23.7 Å². The van der Waals surface area contributed by atoms with Gasteiger partial charge < -0.3 is 10.6 Å². The first-order chi connectivity index (χ1) is 14.3. The Kier molecular flexibility index (Phi) is 6.44. The van der Waals surface area contributed by atoms with Crippen LogP contribution in [0.1, 0.15) is 0 Å². The fourth-order valence-electron chi connectivity index (χ4n) is 2.63. The monoisotopic (exact) mass is 462 g/mol. The van der Waals surface area contributed by atoms with Crippen molar-refractivity contribution in [1.82, 2.24) is 9.80 Å². The highest BCUT2D eigenvalue weighted by atomic mass is 32.1. The normalized spacial score (nSPS) is 13.1. The smallest absolute Gasteiger partial charge is 0.269 e. The fourth-order valence-corrected chi connectivity index (χ4v) is 3.70. The van der Waals surface area contributed by atoms with Gasteiger partial charge in [-0.05, 0) is 60.9 Å². The number of hydrogen-bond acceptors (Lipinski definition) is 7. The number of nitro groups is 2. The maximum atomic E-state index is 10.7. The van der Waals surface area contributed by atoms with Crippen LogP contribution in [0.5, 0.6) is 0 Å². The Hall–Kier alpha value is -3.29. The molecule has 30 heavy (non-hydrogen) atoms. The number of benzene rings is 2. The maximum absolute atomic E-state index is 10.7. The van der Waals surface area contributed by atoms with Crippen LogP contribution in [-0.4, -0.2) is 48.1 Å². The summed E-state index contributed by atoms with van der Waals surface area (Å²) < 4.78 is 0. The topological polar surface area (TPSA) is 117 Å². The minimum absolute atomic E-state index is 0.0167. The van der Waals surface area contributed by atoms with Crippen molar-refractivity contribution < 1.29 is 9.85 Å². The average molecular weight is 463 g/mol. The zero-order chi connectivity index (χ0) is 21.8. The fraction of sp³-hybridized carbons (Fsp3) is 0.118. The molecule has 0 spiro atoms. The zero-order valence-corrected chi connectivity index (χ0v) is 17.6.